The van der Waals surface area contributed by atoms with Gasteiger partial charge in [-0.2, -0.15) is 4.98 Å². The Balaban J connectivity index is 1.67. The van der Waals surface area contributed by atoms with Crippen LogP contribution in [0.3, 0.4) is 0 Å². The van der Waals surface area contributed by atoms with Gasteiger partial charge in [-0.05, 0) is 12.1 Å². The van der Waals surface area contributed by atoms with E-state index in [2.05, 4.69) is 15.5 Å². The Kier molecular flexibility index (Phi) is 4.78. The lowest BCUT2D eigenvalue weighted by Crippen LogP contribution is -2.44. The molecule has 7 nitrogen and oxygen atoms in total. The molecule has 3 rings (SSSR count). The van der Waals surface area contributed by atoms with Gasteiger partial charge in [-0.3, -0.25) is 0 Å². The zero-order chi connectivity index (χ0) is 16.1. The highest BCUT2D eigenvalue weighted by Crippen LogP contribution is 2.26. The largest absolute Gasteiger partial charge is 0.497 e. The third kappa shape index (κ3) is 3.62. The van der Waals surface area contributed by atoms with E-state index in [1.54, 1.807) is 14.2 Å². The molecule has 0 saturated carbocycles. The molecule has 1 aromatic carbocycles. The lowest BCUT2D eigenvalue weighted by molar-refractivity contribution is -0.0809. The fourth-order valence-electron chi connectivity index (χ4n) is 2.61. The van der Waals surface area contributed by atoms with Crippen molar-refractivity contribution in [1.82, 2.24) is 10.1 Å². The molecule has 0 bridgehead atoms. The van der Waals surface area contributed by atoms with Crippen molar-refractivity contribution in [3.63, 3.8) is 0 Å². The molecule has 1 N–H and O–H groups in total. The first-order valence-corrected chi connectivity index (χ1v) is 7.60. The number of aromatic nitrogens is 2. The minimum Gasteiger partial charge on any atom is -0.497 e. The first-order chi connectivity index (χ1) is 11.2. The highest BCUT2D eigenvalue weighted by atomic mass is 16.5. The molecular formula is C16H21N3O4. The van der Waals surface area contributed by atoms with E-state index >= 15 is 0 Å². The molecule has 1 aliphatic heterocycles. The van der Waals surface area contributed by atoms with Crippen molar-refractivity contribution in [3.8, 4) is 17.1 Å². The van der Waals surface area contributed by atoms with Gasteiger partial charge in [0.2, 0.25) is 5.82 Å². The number of anilines is 1. The Morgan fingerprint density at radius 3 is 2.83 bits per heavy atom. The van der Waals surface area contributed by atoms with Crippen molar-refractivity contribution >= 4 is 6.01 Å². The summed E-state index contributed by atoms with van der Waals surface area (Å²) >= 11 is 0. The molecule has 0 unspecified atom stereocenters. The molecule has 0 amide bonds. The third-order valence-corrected chi connectivity index (χ3v) is 4.15. The van der Waals surface area contributed by atoms with Crippen LogP contribution in [0.25, 0.3) is 11.4 Å². The van der Waals surface area contributed by atoms with Gasteiger partial charge in [-0.15, -0.1) is 0 Å². The molecule has 124 valence electrons. The van der Waals surface area contributed by atoms with Crippen molar-refractivity contribution in [3.05, 3.63) is 24.3 Å². The fourth-order valence-corrected chi connectivity index (χ4v) is 2.61. The molecule has 2 aromatic rings. The predicted molar refractivity (Wildman–Crippen MR) is 84.6 cm³/mol. The summed E-state index contributed by atoms with van der Waals surface area (Å²) in [5, 5.41) is 7.18. The lowest BCUT2D eigenvalue weighted by Gasteiger charge is -2.35. The Labute approximate surface area is 134 Å². The molecule has 2 heterocycles. The van der Waals surface area contributed by atoms with Crippen molar-refractivity contribution in [1.29, 1.82) is 0 Å². The third-order valence-electron chi connectivity index (χ3n) is 4.15. The molecule has 1 saturated heterocycles. The van der Waals surface area contributed by atoms with Gasteiger partial charge in [0.25, 0.3) is 0 Å². The molecule has 7 heteroatoms. The van der Waals surface area contributed by atoms with Crippen LogP contribution in [0.4, 0.5) is 6.01 Å². The summed E-state index contributed by atoms with van der Waals surface area (Å²) in [6, 6.07) is 7.91. The van der Waals surface area contributed by atoms with E-state index in [1.807, 2.05) is 24.3 Å². The Bertz CT molecular complexity index is 638. The van der Waals surface area contributed by atoms with Gasteiger partial charge in [0.05, 0.1) is 12.7 Å². The van der Waals surface area contributed by atoms with Crippen LogP contribution < -0.4 is 10.1 Å². The van der Waals surface area contributed by atoms with Gasteiger partial charge in [0.15, 0.2) is 0 Å². The van der Waals surface area contributed by atoms with Gasteiger partial charge < -0.3 is 24.1 Å². The lowest BCUT2D eigenvalue weighted by atomic mass is 9.94. The van der Waals surface area contributed by atoms with E-state index in [1.165, 1.54) is 0 Å². The first-order valence-electron chi connectivity index (χ1n) is 7.60. The fraction of sp³-hybridized carbons (Fsp3) is 0.500. The van der Waals surface area contributed by atoms with Crippen LogP contribution >= 0.6 is 0 Å². The maximum absolute atomic E-state index is 5.67. The quantitative estimate of drug-likeness (QED) is 0.875. The number of benzene rings is 1. The second-order valence-electron chi connectivity index (χ2n) is 5.51. The molecule has 1 fully saturated rings. The summed E-state index contributed by atoms with van der Waals surface area (Å²) in [5.74, 6) is 1.27. The predicted octanol–water partition coefficient (Wildman–Crippen LogP) is 2.35. The summed E-state index contributed by atoms with van der Waals surface area (Å²) in [4.78, 5) is 4.37. The van der Waals surface area contributed by atoms with Crippen molar-refractivity contribution < 1.29 is 18.7 Å². The number of nitrogens with one attached hydrogen (secondary N) is 1. The molecule has 1 aromatic heterocycles. The molecule has 0 spiro atoms. The van der Waals surface area contributed by atoms with Crippen LogP contribution in [0.2, 0.25) is 0 Å². The Morgan fingerprint density at radius 2 is 2.09 bits per heavy atom. The minimum atomic E-state index is -0.247. The standard InChI is InChI=1S/C16H21N3O4/c1-20-13-5-3-4-12(10-13)14-18-15(23-19-14)17-11-16(21-2)6-8-22-9-7-16/h3-5,10H,6-9,11H2,1-2H3,(H,17,18,19). The topological polar surface area (TPSA) is 78.6 Å². The monoisotopic (exact) mass is 319 g/mol. The second-order valence-corrected chi connectivity index (χ2v) is 5.51. The van der Waals surface area contributed by atoms with E-state index in [-0.39, 0.29) is 5.60 Å². The van der Waals surface area contributed by atoms with Crippen LogP contribution in [-0.4, -0.2) is 49.7 Å². The average Bonchev–Trinajstić information content (AvgIpc) is 3.10. The number of methoxy groups -OCH3 is 2. The second kappa shape index (κ2) is 6.97. The van der Waals surface area contributed by atoms with Crippen molar-refractivity contribution in [2.75, 3.05) is 39.3 Å². The van der Waals surface area contributed by atoms with Crippen LogP contribution in [0.1, 0.15) is 12.8 Å². The first kappa shape index (κ1) is 15.8. The summed E-state index contributed by atoms with van der Waals surface area (Å²) in [6.07, 6.45) is 1.68. The summed E-state index contributed by atoms with van der Waals surface area (Å²) in [7, 11) is 3.35. The number of hydrogen-bond donors (Lipinski definition) is 1. The van der Waals surface area contributed by atoms with Crippen LogP contribution in [0.15, 0.2) is 28.8 Å². The van der Waals surface area contributed by atoms with Crippen LogP contribution in [0, 0.1) is 0 Å². The number of rotatable bonds is 6. The van der Waals surface area contributed by atoms with E-state index < -0.39 is 0 Å². The molecule has 23 heavy (non-hydrogen) atoms. The number of nitrogens with zero attached hydrogens (tertiary/aromatic N) is 2. The molecule has 0 radical (unpaired) electrons. The van der Waals surface area contributed by atoms with Gasteiger partial charge in [-0.25, -0.2) is 0 Å². The number of ether oxygens (including phenoxy) is 3. The van der Waals surface area contributed by atoms with E-state index in [0.717, 1.165) is 24.2 Å². The normalized spacial score (nSPS) is 17.0. The number of hydrogen-bond acceptors (Lipinski definition) is 7. The SMILES string of the molecule is COc1cccc(-c2noc(NCC3(OC)CCOCC3)n2)c1. The molecule has 0 atom stereocenters. The highest BCUT2D eigenvalue weighted by molar-refractivity contribution is 5.57. The zero-order valence-corrected chi connectivity index (χ0v) is 13.4. The summed E-state index contributed by atoms with van der Waals surface area (Å²) in [6.45, 7) is 2.01. The maximum Gasteiger partial charge on any atom is 0.321 e. The maximum atomic E-state index is 5.67. The highest BCUT2D eigenvalue weighted by Gasteiger charge is 2.32. The van der Waals surface area contributed by atoms with Gasteiger partial charge in [0.1, 0.15) is 5.75 Å². The van der Waals surface area contributed by atoms with Crippen molar-refractivity contribution in [2.24, 2.45) is 0 Å². The molecular weight excluding hydrogens is 298 g/mol. The molecule has 1 aliphatic rings. The minimum absolute atomic E-state index is 0.247. The zero-order valence-electron chi connectivity index (χ0n) is 13.4. The Hall–Kier alpha value is -2.12. The van der Waals surface area contributed by atoms with Gasteiger partial charge in [0, 0.05) is 45.3 Å². The summed E-state index contributed by atoms with van der Waals surface area (Å²) in [5.41, 5.74) is 0.594. The summed E-state index contributed by atoms with van der Waals surface area (Å²) < 4.78 is 21.5. The van der Waals surface area contributed by atoms with E-state index in [0.29, 0.717) is 31.6 Å². The molecule has 0 aliphatic carbocycles. The average molecular weight is 319 g/mol. The van der Waals surface area contributed by atoms with E-state index in [4.69, 9.17) is 18.7 Å². The Morgan fingerprint density at radius 1 is 1.26 bits per heavy atom. The van der Waals surface area contributed by atoms with Gasteiger partial charge in [-0.1, -0.05) is 17.3 Å². The van der Waals surface area contributed by atoms with E-state index in [9.17, 15) is 0 Å². The van der Waals surface area contributed by atoms with Crippen molar-refractivity contribution in [2.45, 2.75) is 18.4 Å². The van der Waals surface area contributed by atoms with Gasteiger partial charge >= 0.3 is 6.01 Å². The smallest absolute Gasteiger partial charge is 0.321 e. The van der Waals surface area contributed by atoms with Crippen LogP contribution in [-0.2, 0) is 9.47 Å². The van der Waals surface area contributed by atoms with Crippen LogP contribution in [0.5, 0.6) is 5.75 Å².